The summed E-state index contributed by atoms with van der Waals surface area (Å²) in [5, 5.41) is 8.72. The van der Waals surface area contributed by atoms with Crippen molar-refractivity contribution in [2.75, 3.05) is 11.5 Å². The molecule has 2 unspecified atom stereocenters. The Balaban J connectivity index is 1.91. The van der Waals surface area contributed by atoms with E-state index in [1.807, 2.05) is 0 Å². The molecule has 1 aliphatic carbocycles. The lowest BCUT2D eigenvalue weighted by Crippen LogP contribution is -2.32. The lowest BCUT2D eigenvalue weighted by atomic mass is 10.00. The molecule has 5 nitrogen and oxygen atoms in total. The van der Waals surface area contributed by atoms with Gasteiger partial charge in [-0.15, -0.1) is 0 Å². The highest BCUT2D eigenvalue weighted by Gasteiger charge is 2.52. The smallest absolute Gasteiger partial charge is 0.238 e. The van der Waals surface area contributed by atoms with Crippen LogP contribution in [0.3, 0.4) is 0 Å². The van der Waals surface area contributed by atoms with Crippen LogP contribution in [-0.4, -0.2) is 28.5 Å². The number of carbonyl (C=O) groups is 2. The molecule has 2 aliphatic rings. The van der Waals surface area contributed by atoms with Gasteiger partial charge in [0.05, 0.1) is 11.8 Å². The maximum absolute atomic E-state index is 12.5. The molecule has 0 bridgehead atoms. The monoisotopic (exact) mass is 284 g/mol. The van der Waals surface area contributed by atoms with Crippen LogP contribution in [0.2, 0.25) is 0 Å². The fraction of sp³-hybridized carbons (Fsp3) is 0.438. The number of rotatable bonds is 1. The van der Waals surface area contributed by atoms with Gasteiger partial charge in [-0.2, -0.15) is 0 Å². The molecule has 2 heterocycles. The van der Waals surface area contributed by atoms with Crippen LogP contribution in [-0.2, 0) is 9.59 Å². The summed E-state index contributed by atoms with van der Waals surface area (Å²) in [6.45, 7) is 1.84. The summed E-state index contributed by atoms with van der Waals surface area (Å²) in [7, 11) is 0. The first kappa shape index (κ1) is 13.8. The van der Waals surface area contributed by atoms with Crippen LogP contribution >= 0.6 is 0 Å². The van der Waals surface area contributed by atoms with Gasteiger partial charge in [0.25, 0.3) is 0 Å². The third-order valence-electron chi connectivity index (χ3n) is 4.16. The molecule has 5 heteroatoms. The van der Waals surface area contributed by atoms with E-state index in [9.17, 15) is 9.59 Å². The topological polar surface area (TPSA) is 70.5 Å². The molecule has 1 aromatic rings. The third kappa shape index (κ3) is 2.32. The van der Waals surface area contributed by atoms with E-state index in [0.717, 1.165) is 12.8 Å². The number of fused-ring (bicyclic) bond motifs is 1. The quantitative estimate of drug-likeness (QED) is 0.616. The second-order valence-electron chi connectivity index (χ2n) is 5.66. The van der Waals surface area contributed by atoms with E-state index in [0.29, 0.717) is 17.3 Å². The Morgan fingerprint density at radius 3 is 2.62 bits per heavy atom. The number of aliphatic hydroxyl groups is 1. The summed E-state index contributed by atoms with van der Waals surface area (Å²) in [5.74, 6) is 5.37. The third-order valence-corrected chi connectivity index (χ3v) is 4.16. The summed E-state index contributed by atoms with van der Waals surface area (Å²) in [4.78, 5) is 30.2. The first-order valence-electron chi connectivity index (χ1n) is 7.05. The van der Waals surface area contributed by atoms with Gasteiger partial charge in [0, 0.05) is 11.8 Å². The lowest BCUT2D eigenvalue weighted by Gasteiger charge is -2.15. The van der Waals surface area contributed by atoms with Crippen molar-refractivity contribution >= 4 is 17.6 Å². The normalized spacial score (nSPS) is 27.5. The standard InChI is InChI=1S/C16H16N2O3/c1-10-7-12-13(8-10)16(21)18(15(12)20)14-9-11(3-2-6-19)4-5-17-14/h4-5,9-10,12-13,19H,6-8H2,1H3. The average Bonchev–Trinajstić information content (AvgIpc) is 2.96. The molecule has 0 spiro atoms. The molecular weight excluding hydrogens is 268 g/mol. The molecule has 1 aromatic heterocycles. The number of hydrogen-bond acceptors (Lipinski definition) is 4. The van der Waals surface area contributed by atoms with Crippen molar-refractivity contribution in [2.24, 2.45) is 17.8 Å². The minimum Gasteiger partial charge on any atom is -0.384 e. The van der Waals surface area contributed by atoms with Crippen LogP contribution in [0, 0.1) is 29.6 Å². The number of carbonyl (C=O) groups excluding carboxylic acids is 2. The largest absolute Gasteiger partial charge is 0.384 e. The first-order chi connectivity index (χ1) is 10.1. The van der Waals surface area contributed by atoms with Crippen molar-refractivity contribution in [1.29, 1.82) is 0 Å². The van der Waals surface area contributed by atoms with Crippen LogP contribution in [0.5, 0.6) is 0 Å². The van der Waals surface area contributed by atoms with Crippen LogP contribution < -0.4 is 4.90 Å². The molecule has 2 fully saturated rings. The number of imide groups is 1. The van der Waals surface area contributed by atoms with E-state index in [1.54, 1.807) is 12.1 Å². The molecular formula is C16H16N2O3. The van der Waals surface area contributed by atoms with Crippen molar-refractivity contribution in [3.8, 4) is 11.8 Å². The summed E-state index contributed by atoms with van der Waals surface area (Å²) in [6.07, 6.45) is 3.07. The second-order valence-corrected chi connectivity index (χ2v) is 5.66. The maximum atomic E-state index is 12.5. The number of aromatic nitrogens is 1. The van der Waals surface area contributed by atoms with E-state index in [-0.39, 0.29) is 30.3 Å². The Morgan fingerprint density at radius 2 is 2.00 bits per heavy atom. The van der Waals surface area contributed by atoms with E-state index < -0.39 is 0 Å². The molecule has 0 aromatic carbocycles. The van der Waals surface area contributed by atoms with Crippen molar-refractivity contribution in [3.05, 3.63) is 23.9 Å². The van der Waals surface area contributed by atoms with Gasteiger partial charge < -0.3 is 5.11 Å². The summed E-state index contributed by atoms with van der Waals surface area (Å²) in [6, 6.07) is 3.29. The summed E-state index contributed by atoms with van der Waals surface area (Å²) < 4.78 is 0. The van der Waals surface area contributed by atoms with Gasteiger partial charge in [0.15, 0.2) is 0 Å². The Morgan fingerprint density at radius 1 is 1.33 bits per heavy atom. The van der Waals surface area contributed by atoms with Gasteiger partial charge in [-0.25, -0.2) is 9.88 Å². The summed E-state index contributed by atoms with van der Waals surface area (Å²) >= 11 is 0. The van der Waals surface area contributed by atoms with E-state index in [2.05, 4.69) is 23.7 Å². The molecule has 1 saturated heterocycles. The number of nitrogens with zero attached hydrogens (tertiary/aromatic N) is 2. The number of amides is 2. The van der Waals surface area contributed by atoms with Crippen LogP contribution in [0.15, 0.2) is 18.3 Å². The number of aliphatic hydroxyl groups excluding tert-OH is 1. The van der Waals surface area contributed by atoms with Crippen molar-refractivity contribution in [1.82, 2.24) is 4.98 Å². The summed E-state index contributed by atoms with van der Waals surface area (Å²) in [5.41, 5.74) is 0.625. The van der Waals surface area contributed by atoms with Gasteiger partial charge in [-0.1, -0.05) is 18.8 Å². The Kier molecular flexibility index (Phi) is 3.48. The Hall–Kier alpha value is -2.19. The molecule has 21 heavy (non-hydrogen) atoms. The van der Waals surface area contributed by atoms with E-state index >= 15 is 0 Å². The second kappa shape index (κ2) is 5.30. The number of hydrogen-bond donors (Lipinski definition) is 1. The average molecular weight is 284 g/mol. The highest BCUT2D eigenvalue weighted by molar-refractivity contribution is 6.21. The molecule has 2 atom stereocenters. The van der Waals surface area contributed by atoms with Crippen LogP contribution in [0.25, 0.3) is 0 Å². The highest BCUT2D eigenvalue weighted by atomic mass is 16.2. The number of anilines is 1. The zero-order valence-corrected chi connectivity index (χ0v) is 11.7. The molecule has 1 N–H and O–H groups in total. The molecule has 1 saturated carbocycles. The predicted molar refractivity (Wildman–Crippen MR) is 76.1 cm³/mol. The fourth-order valence-electron chi connectivity index (χ4n) is 3.26. The van der Waals surface area contributed by atoms with Crippen LogP contribution in [0.1, 0.15) is 25.3 Å². The molecule has 2 amide bonds. The maximum Gasteiger partial charge on any atom is 0.238 e. The fourth-order valence-corrected chi connectivity index (χ4v) is 3.26. The van der Waals surface area contributed by atoms with E-state index in [4.69, 9.17) is 5.11 Å². The minimum atomic E-state index is -0.235. The van der Waals surface area contributed by atoms with E-state index in [1.165, 1.54) is 11.1 Å². The zero-order chi connectivity index (χ0) is 15.0. The lowest BCUT2D eigenvalue weighted by molar-refractivity contribution is -0.123. The van der Waals surface area contributed by atoms with Gasteiger partial charge in [-0.05, 0) is 30.9 Å². The molecule has 1 aliphatic heterocycles. The van der Waals surface area contributed by atoms with Gasteiger partial charge >= 0.3 is 0 Å². The van der Waals surface area contributed by atoms with Gasteiger partial charge in [-0.3, -0.25) is 9.59 Å². The van der Waals surface area contributed by atoms with Crippen molar-refractivity contribution in [3.63, 3.8) is 0 Å². The zero-order valence-electron chi connectivity index (χ0n) is 11.7. The Bertz CT molecular complexity index is 635. The SMILES string of the molecule is CC1CC2C(=O)N(c3cc(C#CCO)ccn3)C(=O)C2C1. The Labute approximate surface area is 123 Å². The molecule has 108 valence electrons. The number of pyridine rings is 1. The van der Waals surface area contributed by atoms with Crippen LogP contribution in [0.4, 0.5) is 5.82 Å². The molecule has 3 rings (SSSR count). The van der Waals surface area contributed by atoms with Gasteiger partial charge in [0.1, 0.15) is 12.4 Å². The first-order valence-corrected chi connectivity index (χ1v) is 7.05. The van der Waals surface area contributed by atoms with Crippen molar-refractivity contribution in [2.45, 2.75) is 19.8 Å². The van der Waals surface area contributed by atoms with Gasteiger partial charge in [0.2, 0.25) is 11.8 Å². The molecule has 0 radical (unpaired) electrons. The van der Waals surface area contributed by atoms with Crippen molar-refractivity contribution < 1.29 is 14.7 Å². The minimum absolute atomic E-state index is 0.144. The highest BCUT2D eigenvalue weighted by Crippen LogP contribution is 2.43. The predicted octanol–water partition coefficient (Wildman–Crippen LogP) is 0.961.